The van der Waals surface area contributed by atoms with Crippen molar-refractivity contribution in [1.82, 2.24) is 0 Å². The third-order valence-corrected chi connectivity index (χ3v) is 7.04. The van der Waals surface area contributed by atoms with E-state index in [0.29, 0.717) is 6.61 Å². The highest BCUT2D eigenvalue weighted by Crippen LogP contribution is 2.56. The molecule has 0 aromatic heterocycles. The summed E-state index contributed by atoms with van der Waals surface area (Å²) in [5, 5.41) is 10.0. The van der Waals surface area contributed by atoms with Gasteiger partial charge in [-0.1, -0.05) is 103 Å². The Morgan fingerprint density at radius 1 is 0.543 bits per heavy atom. The van der Waals surface area contributed by atoms with Crippen molar-refractivity contribution < 1.29 is 9.84 Å². The largest absolute Gasteiger partial charge is 0.508 e. The third-order valence-electron chi connectivity index (χ3n) is 7.04. The van der Waals surface area contributed by atoms with Crippen LogP contribution in [-0.2, 0) is 11.8 Å². The SMILES string of the molecule is Oc1ccc(C2(c3ccc(OCCc4ccccc4)cc3)c3ccccc3-c3ccccc32)cc1. The predicted octanol–water partition coefficient (Wildman–Crippen LogP) is 7.38. The number of ether oxygens (including phenoxy) is 1. The molecule has 1 aliphatic carbocycles. The Morgan fingerprint density at radius 3 is 1.66 bits per heavy atom. The molecule has 35 heavy (non-hydrogen) atoms. The fourth-order valence-corrected chi connectivity index (χ4v) is 5.47. The first-order valence-corrected chi connectivity index (χ1v) is 12.0. The molecule has 0 fully saturated rings. The molecule has 0 radical (unpaired) electrons. The van der Waals surface area contributed by atoms with Gasteiger partial charge in [0.05, 0.1) is 12.0 Å². The Labute approximate surface area is 206 Å². The molecule has 0 atom stereocenters. The minimum atomic E-state index is -0.469. The van der Waals surface area contributed by atoms with Gasteiger partial charge in [-0.15, -0.1) is 0 Å². The average Bonchev–Trinajstić information content (AvgIpc) is 3.22. The molecule has 2 nitrogen and oxygen atoms in total. The average molecular weight is 455 g/mol. The van der Waals surface area contributed by atoms with E-state index in [1.165, 1.54) is 33.4 Å². The van der Waals surface area contributed by atoms with Gasteiger partial charge >= 0.3 is 0 Å². The molecule has 0 aliphatic heterocycles. The van der Waals surface area contributed by atoms with Crippen LogP contribution in [0, 0.1) is 0 Å². The summed E-state index contributed by atoms with van der Waals surface area (Å²) in [5.41, 5.74) is 8.12. The molecule has 5 aromatic carbocycles. The minimum absolute atomic E-state index is 0.269. The van der Waals surface area contributed by atoms with E-state index in [2.05, 4.69) is 97.1 Å². The van der Waals surface area contributed by atoms with Gasteiger partial charge in [-0.2, -0.15) is 0 Å². The van der Waals surface area contributed by atoms with Crippen LogP contribution in [0.15, 0.2) is 127 Å². The second-order valence-corrected chi connectivity index (χ2v) is 9.00. The zero-order valence-electron chi connectivity index (χ0n) is 19.4. The van der Waals surface area contributed by atoms with Crippen molar-refractivity contribution in [3.05, 3.63) is 155 Å². The maximum atomic E-state index is 10.0. The lowest BCUT2D eigenvalue weighted by Gasteiger charge is -2.34. The summed E-state index contributed by atoms with van der Waals surface area (Å²) in [5.74, 6) is 1.13. The van der Waals surface area contributed by atoms with Crippen LogP contribution in [0.5, 0.6) is 11.5 Å². The molecule has 5 aromatic rings. The number of fused-ring (bicyclic) bond motifs is 3. The zero-order chi connectivity index (χ0) is 23.7. The highest BCUT2D eigenvalue weighted by molar-refractivity contribution is 5.86. The van der Waals surface area contributed by atoms with Crippen LogP contribution in [0.2, 0.25) is 0 Å². The highest BCUT2D eigenvalue weighted by atomic mass is 16.5. The summed E-state index contributed by atoms with van der Waals surface area (Å²) >= 11 is 0. The summed E-state index contributed by atoms with van der Waals surface area (Å²) in [6.45, 7) is 0.637. The van der Waals surface area contributed by atoms with Gasteiger partial charge in [0.25, 0.3) is 0 Å². The van der Waals surface area contributed by atoms with Gasteiger partial charge in [-0.3, -0.25) is 0 Å². The maximum absolute atomic E-state index is 10.0. The first-order valence-electron chi connectivity index (χ1n) is 12.0. The number of hydrogen-bond donors (Lipinski definition) is 1. The second kappa shape index (κ2) is 8.81. The first-order chi connectivity index (χ1) is 17.3. The fourth-order valence-electron chi connectivity index (χ4n) is 5.47. The number of benzene rings is 5. The summed E-state index contributed by atoms with van der Waals surface area (Å²) in [6, 6.07) is 43.9. The van der Waals surface area contributed by atoms with Crippen LogP contribution in [0.4, 0.5) is 0 Å². The van der Waals surface area contributed by atoms with Crippen molar-refractivity contribution in [3.8, 4) is 22.6 Å². The van der Waals surface area contributed by atoms with Gasteiger partial charge in [0.1, 0.15) is 11.5 Å². The van der Waals surface area contributed by atoms with E-state index in [9.17, 15) is 5.11 Å². The van der Waals surface area contributed by atoms with Crippen molar-refractivity contribution in [2.24, 2.45) is 0 Å². The molecule has 0 bridgehead atoms. The molecule has 0 unspecified atom stereocenters. The van der Waals surface area contributed by atoms with Gasteiger partial charge in [0.15, 0.2) is 0 Å². The van der Waals surface area contributed by atoms with E-state index in [0.717, 1.165) is 17.7 Å². The van der Waals surface area contributed by atoms with Gasteiger partial charge in [0, 0.05) is 6.42 Å². The number of phenols is 1. The Kier molecular flexibility index (Phi) is 5.35. The Bertz CT molecular complexity index is 1410. The van der Waals surface area contributed by atoms with Crippen molar-refractivity contribution >= 4 is 0 Å². The molecule has 1 N–H and O–H groups in total. The molecule has 0 heterocycles. The zero-order valence-corrected chi connectivity index (χ0v) is 19.4. The Morgan fingerprint density at radius 2 is 1.06 bits per heavy atom. The second-order valence-electron chi connectivity index (χ2n) is 9.00. The van der Waals surface area contributed by atoms with E-state index in [1.807, 2.05) is 18.2 Å². The van der Waals surface area contributed by atoms with E-state index < -0.39 is 5.41 Å². The smallest absolute Gasteiger partial charge is 0.119 e. The van der Waals surface area contributed by atoms with E-state index >= 15 is 0 Å². The lowest BCUT2D eigenvalue weighted by atomic mass is 9.68. The summed E-state index contributed by atoms with van der Waals surface area (Å²) in [4.78, 5) is 0. The molecule has 170 valence electrons. The maximum Gasteiger partial charge on any atom is 0.119 e. The Hall–Kier alpha value is -4.30. The van der Waals surface area contributed by atoms with E-state index in [1.54, 1.807) is 12.1 Å². The molecule has 2 heteroatoms. The van der Waals surface area contributed by atoms with Crippen LogP contribution in [0.1, 0.15) is 27.8 Å². The van der Waals surface area contributed by atoms with E-state index in [-0.39, 0.29) is 5.75 Å². The fraction of sp³-hybridized carbons (Fsp3) is 0.0909. The van der Waals surface area contributed by atoms with Crippen LogP contribution >= 0.6 is 0 Å². The monoisotopic (exact) mass is 454 g/mol. The van der Waals surface area contributed by atoms with Gasteiger partial charge in [-0.25, -0.2) is 0 Å². The molecule has 0 amide bonds. The van der Waals surface area contributed by atoms with Gasteiger partial charge < -0.3 is 9.84 Å². The quantitative estimate of drug-likeness (QED) is 0.285. The van der Waals surface area contributed by atoms with Crippen LogP contribution in [-0.4, -0.2) is 11.7 Å². The van der Waals surface area contributed by atoms with Gasteiger partial charge in [-0.05, 0) is 63.2 Å². The van der Waals surface area contributed by atoms with E-state index in [4.69, 9.17) is 4.74 Å². The summed E-state index contributed by atoms with van der Waals surface area (Å²) < 4.78 is 6.09. The van der Waals surface area contributed by atoms with Crippen molar-refractivity contribution in [2.75, 3.05) is 6.61 Å². The normalized spacial score (nSPS) is 13.1. The lowest BCUT2D eigenvalue weighted by Crippen LogP contribution is -2.28. The number of hydrogen-bond acceptors (Lipinski definition) is 2. The summed E-state index contributed by atoms with van der Waals surface area (Å²) in [7, 11) is 0. The molecular formula is C33H26O2. The van der Waals surface area contributed by atoms with Gasteiger partial charge in [0.2, 0.25) is 0 Å². The van der Waals surface area contributed by atoms with Crippen LogP contribution in [0.3, 0.4) is 0 Å². The Balaban J connectivity index is 1.43. The highest BCUT2D eigenvalue weighted by Gasteiger charge is 2.45. The number of phenolic OH excluding ortho intramolecular Hbond substituents is 1. The van der Waals surface area contributed by atoms with Crippen LogP contribution in [0.25, 0.3) is 11.1 Å². The van der Waals surface area contributed by atoms with Crippen molar-refractivity contribution in [3.63, 3.8) is 0 Å². The van der Waals surface area contributed by atoms with Crippen molar-refractivity contribution in [1.29, 1.82) is 0 Å². The molecule has 0 spiro atoms. The summed E-state index contributed by atoms with van der Waals surface area (Å²) in [6.07, 6.45) is 0.876. The third kappa shape index (κ3) is 3.59. The van der Waals surface area contributed by atoms with Crippen molar-refractivity contribution in [2.45, 2.75) is 11.8 Å². The molecule has 6 rings (SSSR count). The topological polar surface area (TPSA) is 29.5 Å². The molecule has 1 aliphatic rings. The molecule has 0 saturated carbocycles. The standard InChI is InChI=1S/C33H26O2/c34-27-18-14-25(15-19-27)33(31-12-6-4-10-29(31)30-11-5-7-13-32(30)33)26-16-20-28(21-17-26)35-23-22-24-8-2-1-3-9-24/h1-21,34H,22-23H2. The number of rotatable bonds is 6. The van der Waals surface area contributed by atoms with Crippen LogP contribution < -0.4 is 4.74 Å². The first kappa shape index (κ1) is 21.2. The molecular weight excluding hydrogens is 428 g/mol. The predicted molar refractivity (Wildman–Crippen MR) is 141 cm³/mol. The lowest BCUT2D eigenvalue weighted by molar-refractivity contribution is 0.322. The number of aromatic hydroxyl groups is 1. The minimum Gasteiger partial charge on any atom is -0.508 e. The molecule has 0 saturated heterocycles.